The number of rotatable bonds is 7. The van der Waals surface area contributed by atoms with E-state index in [0.717, 1.165) is 25.0 Å². The number of hydrogen-bond acceptors (Lipinski definition) is 2. The van der Waals surface area contributed by atoms with Crippen LogP contribution < -0.4 is 4.74 Å². The largest absolute Gasteiger partial charge is 0.493 e. The average Bonchev–Trinajstić information content (AvgIpc) is 2.75. The summed E-state index contributed by atoms with van der Waals surface area (Å²) in [7, 11) is 0. The van der Waals surface area contributed by atoms with Crippen LogP contribution in [-0.4, -0.2) is 23.2 Å². The quantitative estimate of drug-likeness (QED) is 0.553. The summed E-state index contributed by atoms with van der Waals surface area (Å²) in [5.74, 6) is 1.05. The molecular formula is C18H24Cl2O2. The van der Waals surface area contributed by atoms with Crippen molar-refractivity contribution in [3.63, 3.8) is 0 Å². The number of hydrogen-bond donors (Lipinski definition) is 1. The maximum Gasteiger partial charge on any atom is 0.120 e. The molecule has 1 aliphatic rings. The minimum atomic E-state index is -0.397. The van der Waals surface area contributed by atoms with E-state index >= 15 is 0 Å². The van der Waals surface area contributed by atoms with Gasteiger partial charge >= 0.3 is 0 Å². The Hall–Kier alpha value is -0.700. The fourth-order valence-electron chi connectivity index (χ4n) is 2.98. The molecule has 0 aliphatic heterocycles. The summed E-state index contributed by atoms with van der Waals surface area (Å²) < 4.78 is 5.82. The van der Waals surface area contributed by atoms with Gasteiger partial charge < -0.3 is 9.84 Å². The summed E-state index contributed by atoms with van der Waals surface area (Å²) >= 11 is 12.4. The first-order valence-corrected chi connectivity index (χ1v) is 8.78. The first kappa shape index (κ1) is 17.7. The van der Waals surface area contributed by atoms with Crippen LogP contribution in [0, 0.1) is 11.8 Å². The third kappa shape index (κ3) is 4.91. The van der Waals surface area contributed by atoms with Gasteiger partial charge in [0, 0.05) is 16.3 Å². The lowest BCUT2D eigenvalue weighted by atomic mass is 9.92. The zero-order valence-corrected chi connectivity index (χ0v) is 14.4. The maximum absolute atomic E-state index is 10.3. The molecule has 122 valence electrons. The molecule has 1 aliphatic carbocycles. The molecule has 0 spiro atoms. The summed E-state index contributed by atoms with van der Waals surface area (Å²) in [6, 6.07) is 7.34. The third-order valence-electron chi connectivity index (χ3n) is 4.24. The molecule has 2 nitrogen and oxygen atoms in total. The van der Waals surface area contributed by atoms with E-state index in [4.69, 9.17) is 27.9 Å². The third-order valence-corrected chi connectivity index (χ3v) is 4.98. The Balaban J connectivity index is 1.93. The monoisotopic (exact) mass is 342 g/mol. The Morgan fingerprint density at radius 3 is 2.86 bits per heavy atom. The van der Waals surface area contributed by atoms with Gasteiger partial charge in [0.1, 0.15) is 5.75 Å². The van der Waals surface area contributed by atoms with Crippen LogP contribution in [0.3, 0.4) is 0 Å². The minimum absolute atomic E-state index is 0.00855. The highest BCUT2D eigenvalue weighted by Crippen LogP contribution is 2.39. The number of alkyl halides is 1. The summed E-state index contributed by atoms with van der Waals surface area (Å²) in [6.45, 7) is 2.63. The van der Waals surface area contributed by atoms with Crippen molar-refractivity contribution in [2.75, 3.05) is 6.61 Å². The predicted molar refractivity (Wildman–Crippen MR) is 92.9 cm³/mol. The fourth-order valence-corrected chi connectivity index (χ4v) is 3.63. The van der Waals surface area contributed by atoms with E-state index in [9.17, 15) is 5.11 Å². The predicted octanol–water partition coefficient (Wildman–Crippen LogP) is 5.07. The van der Waals surface area contributed by atoms with Gasteiger partial charge in [-0.05, 0) is 43.4 Å². The Morgan fingerprint density at radius 2 is 2.14 bits per heavy atom. The Morgan fingerprint density at radius 1 is 1.32 bits per heavy atom. The topological polar surface area (TPSA) is 29.5 Å². The summed E-state index contributed by atoms with van der Waals surface area (Å²) in [4.78, 5) is 0. The number of unbranched alkanes of at least 4 members (excludes halogenated alkanes) is 1. The normalized spacial score (nSPS) is 28.4. The number of halogens is 2. The van der Waals surface area contributed by atoms with Crippen LogP contribution in [0.25, 0.3) is 0 Å². The van der Waals surface area contributed by atoms with Crippen LogP contribution in [0.1, 0.15) is 32.6 Å². The lowest BCUT2D eigenvalue weighted by Gasteiger charge is -2.22. The van der Waals surface area contributed by atoms with Crippen LogP contribution in [0.2, 0.25) is 5.02 Å². The second-order valence-electron chi connectivity index (χ2n) is 5.91. The van der Waals surface area contributed by atoms with E-state index in [2.05, 4.69) is 19.1 Å². The van der Waals surface area contributed by atoms with Crippen LogP contribution in [0.4, 0.5) is 0 Å². The molecule has 2 rings (SSSR count). The van der Waals surface area contributed by atoms with Crippen molar-refractivity contribution in [3.05, 3.63) is 41.4 Å². The van der Waals surface area contributed by atoms with Crippen molar-refractivity contribution >= 4 is 23.2 Å². The molecular weight excluding hydrogens is 319 g/mol. The Kier molecular flexibility index (Phi) is 7.07. The molecule has 1 saturated carbocycles. The second kappa shape index (κ2) is 8.81. The van der Waals surface area contributed by atoms with E-state index in [1.54, 1.807) is 6.07 Å². The molecule has 0 saturated heterocycles. The molecule has 4 heteroatoms. The van der Waals surface area contributed by atoms with Crippen LogP contribution in [0.5, 0.6) is 5.75 Å². The molecule has 1 fully saturated rings. The molecule has 22 heavy (non-hydrogen) atoms. The van der Waals surface area contributed by atoms with Crippen molar-refractivity contribution in [3.8, 4) is 5.75 Å². The Labute approximate surface area is 143 Å². The van der Waals surface area contributed by atoms with E-state index in [-0.39, 0.29) is 17.2 Å². The van der Waals surface area contributed by atoms with Gasteiger partial charge in [-0.3, -0.25) is 0 Å². The van der Waals surface area contributed by atoms with E-state index in [1.807, 2.05) is 18.2 Å². The van der Waals surface area contributed by atoms with Gasteiger partial charge in [0.25, 0.3) is 0 Å². The molecule has 0 amide bonds. The molecule has 0 aromatic heterocycles. The highest BCUT2D eigenvalue weighted by atomic mass is 35.5. The van der Waals surface area contributed by atoms with Gasteiger partial charge in [0.05, 0.1) is 12.7 Å². The molecule has 0 bridgehead atoms. The first-order valence-electron chi connectivity index (χ1n) is 7.97. The molecule has 0 heterocycles. The van der Waals surface area contributed by atoms with Crippen molar-refractivity contribution in [1.29, 1.82) is 0 Å². The van der Waals surface area contributed by atoms with E-state index in [1.165, 1.54) is 0 Å². The zero-order valence-electron chi connectivity index (χ0n) is 12.9. The van der Waals surface area contributed by atoms with Crippen molar-refractivity contribution in [2.45, 2.75) is 44.1 Å². The second-order valence-corrected chi connectivity index (χ2v) is 6.91. The molecule has 1 aromatic carbocycles. The minimum Gasteiger partial charge on any atom is -0.493 e. The number of ether oxygens (including phenoxy) is 1. The van der Waals surface area contributed by atoms with Gasteiger partial charge in [-0.25, -0.2) is 0 Å². The molecule has 4 atom stereocenters. The van der Waals surface area contributed by atoms with E-state index in [0.29, 0.717) is 18.1 Å². The summed E-state index contributed by atoms with van der Waals surface area (Å²) in [5, 5.41) is 10.9. The SMILES string of the molecule is CCC/C=C\C[C@@H]1[C@@H](COc2cccc(Cl)c2)[C@H](O)C[C@H]1Cl. The van der Waals surface area contributed by atoms with Crippen molar-refractivity contribution < 1.29 is 9.84 Å². The van der Waals surface area contributed by atoms with Crippen molar-refractivity contribution in [1.82, 2.24) is 0 Å². The first-order chi connectivity index (χ1) is 10.6. The number of aliphatic hydroxyl groups excluding tert-OH is 1. The number of aliphatic hydroxyl groups is 1. The lowest BCUT2D eigenvalue weighted by molar-refractivity contribution is 0.0807. The van der Waals surface area contributed by atoms with Gasteiger partial charge in [-0.15, -0.1) is 11.6 Å². The molecule has 0 radical (unpaired) electrons. The fraction of sp³-hybridized carbons (Fsp3) is 0.556. The average molecular weight is 343 g/mol. The molecule has 1 N–H and O–H groups in total. The number of benzene rings is 1. The van der Waals surface area contributed by atoms with Gasteiger partial charge in [0.2, 0.25) is 0 Å². The van der Waals surface area contributed by atoms with Gasteiger partial charge in [-0.2, -0.15) is 0 Å². The van der Waals surface area contributed by atoms with Gasteiger partial charge in [-0.1, -0.05) is 43.2 Å². The number of allylic oxidation sites excluding steroid dienone is 2. The summed E-state index contributed by atoms with van der Waals surface area (Å²) in [6.07, 6.45) is 7.76. The van der Waals surface area contributed by atoms with E-state index < -0.39 is 6.10 Å². The van der Waals surface area contributed by atoms with Crippen molar-refractivity contribution in [2.24, 2.45) is 11.8 Å². The molecule has 0 unspecified atom stereocenters. The molecule has 1 aromatic rings. The lowest BCUT2D eigenvalue weighted by Crippen LogP contribution is -2.27. The zero-order chi connectivity index (χ0) is 15.9. The smallest absolute Gasteiger partial charge is 0.120 e. The highest BCUT2D eigenvalue weighted by Gasteiger charge is 2.41. The van der Waals surface area contributed by atoms with Crippen LogP contribution >= 0.6 is 23.2 Å². The highest BCUT2D eigenvalue weighted by molar-refractivity contribution is 6.30. The Bertz CT molecular complexity index is 490. The van der Waals surface area contributed by atoms with Crippen LogP contribution in [0.15, 0.2) is 36.4 Å². The van der Waals surface area contributed by atoms with Crippen LogP contribution in [-0.2, 0) is 0 Å². The summed E-state index contributed by atoms with van der Waals surface area (Å²) in [5.41, 5.74) is 0. The maximum atomic E-state index is 10.3. The van der Waals surface area contributed by atoms with Gasteiger partial charge in [0.15, 0.2) is 0 Å². The standard InChI is InChI=1S/C18H24Cl2O2/c1-2-3-4-5-9-15-16(18(21)11-17(15)20)12-22-14-8-6-7-13(19)10-14/h4-8,10,15-18,21H,2-3,9,11-12H2,1H3/b5-4-/t15-,16-,17-,18-/m1/s1.